The van der Waals surface area contributed by atoms with Gasteiger partial charge in [-0.2, -0.15) is 0 Å². The maximum absolute atomic E-state index is 11.6. The summed E-state index contributed by atoms with van der Waals surface area (Å²) in [7, 11) is 1.46. The minimum Gasteiger partial charge on any atom is -0.469 e. The molecule has 0 N–H and O–H groups in total. The lowest BCUT2D eigenvalue weighted by molar-refractivity contribution is -0.197. The molecule has 0 atom stereocenters. The minimum atomic E-state index is -0.636. The number of ether oxygens (including phenoxy) is 4. The fraction of sp³-hybridized carbons (Fsp3) is 0.682. The van der Waals surface area contributed by atoms with E-state index in [1.54, 1.807) is 0 Å². The molecule has 0 unspecified atom stereocenters. The number of rotatable bonds is 4. The van der Waals surface area contributed by atoms with Crippen molar-refractivity contribution in [3.8, 4) is 0 Å². The molecule has 3 aliphatic rings. The summed E-state index contributed by atoms with van der Waals surface area (Å²) in [6.45, 7) is 6.19. The molecule has 1 saturated carbocycles. The summed E-state index contributed by atoms with van der Waals surface area (Å²) in [6, 6.07) is 6.59. The van der Waals surface area contributed by atoms with Gasteiger partial charge < -0.3 is 18.9 Å². The van der Waals surface area contributed by atoms with Crippen LogP contribution in [0.25, 0.3) is 0 Å². The summed E-state index contributed by atoms with van der Waals surface area (Å²) < 4.78 is 23.2. The van der Waals surface area contributed by atoms with Crippen molar-refractivity contribution in [3.63, 3.8) is 0 Å². The Bertz CT molecular complexity index is 697. The quantitative estimate of drug-likeness (QED) is 0.745. The predicted molar refractivity (Wildman–Crippen MR) is 99.9 cm³/mol. The van der Waals surface area contributed by atoms with Crippen LogP contribution in [0.15, 0.2) is 18.2 Å². The predicted octanol–water partition coefficient (Wildman–Crippen LogP) is 4.02. The lowest BCUT2D eigenvalue weighted by atomic mass is 9.74. The largest absolute Gasteiger partial charge is 0.469 e. The molecule has 1 aromatic carbocycles. The van der Waals surface area contributed by atoms with E-state index in [9.17, 15) is 4.79 Å². The number of hydrogen-bond acceptors (Lipinski definition) is 5. The van der Waals surface area contributed by atoms with Crippen LogP contribution >= 0.6 is 0 Å². The molecule has 1 saturated heterocycles. The summed E-state index contributed by atoms with van der Waals surface area (Å²) in [5.41, 5.74) is 3.45. The van der Waals surface area contributed by atoms with Crippen LogP contribution in [0.1, 0.15) is 62.6 Å². The topological polar surface area (TPSA) is 54.0 Å². The van der Waals surface area contributed by atoms with Gasteiger partial charge in [0.25, 0.3) is 0 Å². The van der Waals surface area contributed by atoms with Crippen LogP contribution in [0.5, 0.6) is 0 Å². The lowest BCUT2D eigenvalue weighted by Gasteiger charge is -2.37. The van der Waals surface area contributed by atoms with E-state index in [4.69, 9.17) is 18.9 Å². The van der Waals surface area contributed by atoms with Crippen LogP contribution < -0.4 is 0 Å². The van der Waals surface area contributed by atoms with Crippen molar-refractivity contribution in [2.24, 2.45) is 11.8 Å². The molecule has 1 aliphatic carbocycles. The Hall–Kier alpha value is -1.43. The summed E-state index contributed by atoms with van der Waals surface area (Å²) in [5, 5.41) is 0. The van der Waals surface area contributed by atoms with E-state index in [2.05, 4.69) is 32.0 Å². The lowest BCUT2D eigenvalue weighted by Crippen LogP contribution is -2.34. The van der Waals surface area contributed by atoms with Crippen LogP contribution in [0, 0.1) is 11.8 Å². The van der Waals surface area contributed by atoms with Crippen LogP contribution in [-0.2, 0) is 41.7 Å². The van der Waals surface area contributed by atoms with Gasteiger partial charge in [-0.15, -0.1) is 0 Å². The fourth-order valence-corrected chi connectivity index (χ4v) is 5.01. The number of esters is 1. The van der Waals surface area contributed by atoms with Crippen molar-refractivity contribution in [3.05, 3.63) is 34.9 Å². The zero-order chi connectivity index (χ0) is 19.1. The number of methoxy groups -OCH3 is 1. The molecule has 148 valence electrons. The third kappa shape index (κ3) is 3.20. The van der Waals surface area contributed by atoms with Crippen molar-refractivity contribution >= 4 is 5.97 Å². The summed E-state index contributed by atoms with van der Waals surface area (Å²) in [6.07, 6.45) is 4.44. The molecule has 0 radical (unpaired) electrons. The maximum Gasteiger partial charge on any atom is 0.305 e. The van der Waals surface area contributed by atoms with Crippen molar-refractivity contribution in [1.82, 2.24) is 0 Å². The van der Waals surface area contributed by atoms with Gasteiger partial charge in [-0.1, -0.05) is 26.0 Å². The molecule has 27 heavy (non-hydrogen) atoms. The first-order chi connectivity index (χ1) is 13.0. The average Bonchev–Trinajstić information content (AvgIpc) is 3.30. The number of hydrogen-bond donors (Lipinski definition) is 0. The highest BCUT2D eigenvalue weighted by Gasteiger charge is 2.46. The monoisotopic (exact) mass is 374 g/mol. The maximum atomic E-state index is 11.6. The molecule has 5 nitrogen and oxygen atoms in total. The number of benzene rings is 1. The van der Waals surface area contributed by atoms with Gasteiger partial charge in [0.05, 0.1) is 32.5 Å². The summed E-state index contributed by atoms with van der Waals surface area (Å²) in [4.78, 5) is 11.6. The Morgan fingerprint density at radius 2 is 1.89 bits per heavy atom. The molecule has 2 aliphatic heterocycles. The van der Waals surface area contributed by atoms with Crippen LogP contribution in [0.2, 0.25) is 0 Å². The van der Waals surface area contributed by atoms with Gasteiger partial charge in [0.15, 0.2) is 5.79 Å². The SMILES string of the molecule is COC(=O)CC1CCC2(CC1)OCc1cc(C3(C(C)C)OCCO3)ccc12. The molecule has 2 fully saturated rings. The van der Waals surface area contributed by atoms with Gasteiger partial charge in [-0.05, 0) is 48.8 Å². The molecular formula is C22H30O5. The van der Waals surface area contributed by atoms with E-state index in [-0.39, 0.29) is 17.5 Å². The Morgan fingerprint density at radius 3 is 2.52 bits per heavy atom. The highest BCUT2D eigenvalue weighted by atomic mass is 16.7. The van der Waals surface area contributed by atoms with E-state index < -0.39 is 5.79 Å². The Morgan fingerprint density at radius 1 is 1.19 bits per heavy atom. The fourth-order valence-electron chi connectivity index (χ4n) is 5.01. The molecule has 5 heteroatoms. The third-order valence-electron chi connectivity index (χ3n) is 6.57. The number of carbonyl (C=O) groups excluding carboxylic acids is 1. The van der Waals surface area contributed by atoms with Crippen LogP contribution in [0.3, 0.4) is 0 Å². The zero-order valence-corrected chi connectivity index (χ0v) is 16.6. The second-order valence-electron chi connectivity index (χ2n) is 8.40. The standard InChI is InChI=1S/C22H30O5/c1-15(2)22(25-10-11-26-22)18-4-5-19-17(13-18)14-27-21(19)8-6-16(7-9-21)12-20(23)24-3/h4-5,13,15-16H,6-12,14H2,1-3H3. The second-order valence-corrected chi connectivity index (χ2v) is 8.40. The van der Waals surface area contributed by atoms with Crippen molar-refractivity contribution in [1.29, 1.82) is 0 Å². The van der Waals surface area contributed by atoms with Crippen LogP contribution in [-0.4, -0.2) is 26.3 Å². The minimum absolute atomic E-state index is 0.108. The molecule has 0 amide bonds. The van der Waals surface area contributed by atoms with Crippen LogP contribution in [0.4, 0.5) is 0 Å². The van der Waals surface area contributed by atoms with Gasteiger partial charge in [-0.25, -0.2) is 0 Å². The molecule has 1 aromatic rings. The van der Waals surface area contributed by atoms with Crippen molar-refractivity contribution < 1.29 is 23.7 Å². The summed E-state index contributed by atoms with van der Waals surface area (Å²) in [5.74, 6) is -0.102. The van der Waals surface area contributed by atoms with Gasteiger partial charge in [-0.3, -0.25) is 4.79 Å². The van der Waals surface area contributed by atoms with Gasteiger partial charge in [0.1, 0.15) is 0 Å². The van der Waals surface area contributed by atoms with Gasteiger partial charge in [0, 0.05) is 17.9 Å². The van der Waals surface area contributed by atoms with E-state index >= 15 is 0 Å². The smallest absolute Gasteiger partial charge is 0.305 e. The van der Waals surface area contributed by atoms with Crippen molar-refractivity contribution in [2.45, 2.75) is 63.9 Å². The van der Waals surface area contributed by atoms with Gasteiger partial charge >= 0.3 is 5.97 Å². The van der Waals surface area contributed by atoms with E-state index in [1.165, 1.54) is 18.2 Å². The van der Waals surface area contributed by atoms with E-state index in [0.29, 0.717) is 32.2 Å². The molecule has 1 spiro atoms. The first-order valence-corrected chi connectivity index (χ1v) is 10.1. The Balaban J connectivity index is 1.53. The van der Waals surface area contributed by atoms with E-state index in [0.717, 1.165) is 31.2 Å². The molecular weight excluding hydrogens is 344 g/mol. The van der Waals surface area contributed by atoms with Crippen molar-refractivity contribution in [2.75, 3.05) is 20.3 Å². The highest BCUT2D eigenvalue weighted by molar-refractivity contribution is 5.69. The summed E-state index contributed by atoms with van der Waals surface area (Å²) >= 11 is 0. The van der Waals surface area contributed by atoms with E-state index in [1.807, 2.05) is 0 Å². The normalized spacial score (nSPS) is 29.3. The number of carbonyl (C=O) groups is 1. The molecule has 2 heterocycles. The molecule has 0 aromatic heterocycles. The highest BCUT2D eigenvalue weighted by Crippen LogP contribution is 2.50. The molecule has 0 bridgehead atoms. The first kappa shape index (κ1) is 18.9. The Labute approximate surface area is 161 Å². The zero-order valence-electron chi connectivity index (χ0n) is 16.6. The molecule has 4 rings (SSSR count). The Kier molecular flexibility index (Phi) is 5.04. The average molecular weight is 374 g/mol. The first-order valence-electron chi connectivity index (χ1n) is 10.1. The third-order valence-corrected chi connectivity index (χ3v) is 6.57. The second kappa shape index (κ2) is 7.19. The number of fused-ring (bicyclic) bond motifs is 2. The van der Waals surface area contributed by atoms with Gasteiger partial charge in [0.2, 0.25) is 0 Å².